The Kier molecular flexibility index (Phi) is 2.52. The average Bonchev–Trinajstić information content (AvgIpc) is 2.38. The van der Waals surface area contributed by atoms with Crippen LogP contribution in [-0.2, 0) is 4.74 Å². The van der Waals surface area contributed by atoms with E-state index in [1.165, 1.54) is 0 Å². The summed E-state index contributed by atoms with van der Waals surface area (Å²) in [7, 11) is 0. The van der Waals surface area contributed by atoms with Crippen LogP contribution in [0.5, 0.6) is 5.75 Å². The minimum atomic E-state index is -0.242. The second kappa shape index (κ2) is 4.04. The number of ether oxygens (including phenoxy) is 2. The van der Waals surface area contributed by atoms with Crippen LogP contribution in [0, 0.1) is 0 Å². The van der Waals surface area contributed by atoms with Crippen molar-refractivity contribution in [2.75, 3.05) is 13.2 Å². The molecule has 90 valence electrons. The Morgan fingerprint density at radius 2 is 1.94 bits per heavy atom. The number of rotatable bonds is 0. The summed E-state index contributed by atoms with van der Waals surface area (Å²) in [4.78, 5) is 0. The first-order chi connectivity index (χ1) is 8.33. The number of oxime groups is 1. The predicted octanol–water partition coefficient (Wildman–Crippen LogP) is 2.20. The van der Waals surface area contributed by atoms with Crippen LogP contribution in [0.15, 0.2) is 29.4 Å². The number of benzene rings is 1. The van der Waals surface area contributed by atoms with Crippen molar-refractivity contribution in [3.63, 3.8) is 0 Å². The molecule has 17 heavy (non-hydrogen) atoms. The monoisotopic (exact) mass is 233 g/mol. The molecule has 1 aromatic rings. The summed E-state index contributed by atoms with van der Waals surface area (Å²) in [6.45, 7) is 1.42. The summed E-state index contributed by atoms with van der Waals surface area (Å²) in [6, 6.07) is 7.72. The zero-order chi connectivity index (χ0) is 11.7. The molecule has 1 aromatic carbocycles. The molecule has 0 amide bonds. The van der Waals surface area contributed by atoms with Crippen molar-refractivity contribution >= 4 is 5.71 Å². The van der Waals surface area contributed by atoms with Crippen molar-refractivity contribution in [1.29, 1.82) is 0 Å². The van der Waals surface area contributed by atoms with Crippen molar-refractivity contribution in [2.24, 2.45) is 5.16 Å². The first-order valence-electron chi connectivity index (χ1n) is 5.90. The second-order valence-corrected chi connectivity index (χ2v) is 4.62. The highest BCUT2D eigenvalue weighted by molar-refractivity contribution is 6.04. The van der Waals surface area contributed by atoms with E-state index in [1.54, 1.807) is 0 Å². The van der Waals surface area contributed by atoms with Crippen molar-refractivity contribution in [1.82, 2.24) is 0 Å². The molecular formula is C13H15NO3. The summed E-state index contributed by atoms with van der Waals surface area (Å²) in [5, 5.41) is 12.6. The Balaban J connectivity index is 2.00. The summed E-state index contributed by atoms with van der Waals surface area (Å²) in [5.74, 6) is 0.813. The Hall–Kier alpha value is -1.55. The molecule has 4 nitrogen and oxygen atoms in total. The highest BCUT2D eigenvalue weighted by Gasteiger charge is 2.40. The number of hydrogen-bond acceptors (Lipinski definition) is 4. The summed E-state index contributed by atoms with van der Waals surface area (Å²) in [5.41, 5.74) is 1.37. The summed E-state index contributed by atoms with van der Waals surface area (Å²) < 4.78 is 11.5. The van der Waals surface area contributed by atoms with E-state index >= 15 is 0 Å². The molecule has 0 atom stereocenters. The molecule has 0 saturated carbocycles. The van der Waals surface area contributed by atoms with Gasteiger partial charge in [0.25, 0.3) is 0 Å². The minimum absolute atomic E-state index is 0.242. The highest BCUT2D eigenvalue weighted by atomic mass is 16.5. The molecule has 0 aliphatic carbocycles. The Morgan fingerprint density at radius 1 is 1.18 bits per heavy atom. The summed E-state index contributed by atoms with van der Waals surface area (Å²) >= 11 is 0. The predicted molar refractivity (Wildman–Crippen MR) is 62.8 cm³/mol. The fourth-order valence-corrected chi connectivity index (χ4v) is 2.58. The number of hydrogen-bond donors (Lipinski definition) is 1. The maximum Gasteiger partial charge on any atom is 0.129 e. The normalized spacial score (nSPS) is 24.4. The molecule has 1 spiro atoms. The van der Waals surface area contributed by atoms with Crippen LogP contribution >= 0.6 is 0 Å². The fraction of sp³-hybridized carbons (Fsp3) is 0.462. The van der Waals surface area contributed by atoms with Crippen molar-refractivity contribution < 1.29 is 14.7 Å². The zero-order valence-electron chi connectivity index (χ0n) is 9.56. The molecule has 4 heteroatoms. The topological polar surface area (TPSA) is 51.1 Å². The SMILES string of the molecule is O/N=C1\CC2(CCOCC2)Oc2ccccc21. The molecule has 2 aliphatic rings. The third-order valence-corrected chi connectivity index (χ3v) is 3.54. The molecule has 0 aromatic heterocycles. The lowest BCUT2D eigenvalue weighted by atomic mass is 9.84. The molecule has 0 radical (unpaired) electrons. The molecule has 2 aliphatic heterocycles. The van der Waals surface area contributed by atoms with Gasteiger partial charge >= 0.3 is 0 Å². The van der Waals surface area contributed by atoms with Crippen LogP contribution < -0.4 is 4.74 Å². The number of fused-ring (bicyclic) bond motifs is 1. The molecule has 1 N–H and O–H groups in total. The van der Waals surface area contributed by atoms with Gasteiger partial charge in [0, 0.05) is 24.8 Å². The van der Waals surface area contributed by atoms with E-state index in [4.69, 9.17) is 14.7 Å². The first-order valence-corrected chi connectivity index (χ1v) is 5.90. The molecule has 1 saturated heterocycles. The van der Waals surface area contributed by atoms with Crippen LogP contribution in [0.2, 0.25) is 0 Å². The van der Waals surface area contributed by atoms with Crippen LogP contribution in [0.3, 0.4) is 0 Å². The standard InChI is InChI=1S/C13H15NO3/c15-14-11-9-13(5-7-16-8-6-13)17-12-4-2-1-3-10(11)12/h1-4,15H,5-9H2/b14-11+. The van der Waals surface area contributed by atoms with Crippen molar-refractivity contribution in [3.05, 3.63) is 29.8 Å². The molecule has 1 fully saturated rings. The van der Waals surface area contributed by atoms with Gasteiger partial charge in [-0.25, -0.2) is 0 Å². The fourth-order valence-electron chi connectivity index (χ4n) is 2.58. The van der Waals surface area contributed by atoms with Gasteiger partial charge in [0.15, 0.2) is 0 Å². The van der Waals surface area contributed by atoms with Gasteiger partial charge in [-0.3, -0.25) is 0 Å². The van der Waals surface area contributed by atoms with Gasteiger partial charge in [-0.05, 0) is 12.1 Å². The van der Waals surface area contributed by atoms with Gasteiger partial charge in [0.2, 0.25) is 0 Å². The van der Waals surface area contributed by atoms with Gasteiger partial charge in [0.05, 0.1) is 18.9 Å². The van der Waals surface area contributed by atoms with Gasteiger partial charge < -0.3 is 14.7 Å². The maximum atomic E-state index is 9.15. The number of para-hydroxylation sites is 1. The lowest BCUT2D eigenvalue weighted by Gasteiger charge is -2.41. The van der Waals surface area contributed by atoms with E-state index in [-0.39, 0.29) is 5.60 Å². The quantitative estimate of drug-likeness (QED) is 0.552. The van der Waals surface area contributed by atoms with Crippen molar-refractivity contribution in [2.45, 2.75) is 24.9 Å². The Labute approximate surface area is 99.8 Å². The zero-order valence-corrected chi connectivity index (χ0v) is 9.56. The largest absolute Gasteiger partial charge is 0.486 e. The minimum Gasteiger partial charge on any atom is -0.486 e. The summed E-state index contributed by atoms with van der Waals surface area (Å²) in [6.07, 6.45) is 2.35. The Bertz CT molecular complexity index is 450. The van der Waals surface area contributed by atoms with Gasteiger partial charge in [-0.15, -0.1) is 0 Å². The van der Waals surface area contributed by atoms with E-state index in [1.807, 2.05) is 24.3 Å². The van der Waals surface area contributed by atoms with Gasteiger partial charge in [-0.2, -0.15) is 0 Å². The molecule has 0 unspecified atom stereocenters. The van der Waals surface area contributed by atoms with E-state index < -0.39 is 0 Å². The van der Waals surface area contributed by atoms with Gasteiger partial charge in [-0.1, -0.05) is 17.3 Å². The maximum absolute atomic E-state index is 9.15. The van der Waals surface area contributed by atoms with Crippen LogP contribution in [0.25, 0.3) is 0 Å². The van der Waals surface area contributed by atoms with Crippen LogP contribution in [-0.4, -0.2) is 29.7 Å². The average molecular weight is 233 g/mol. The second-order valence-electron chi connectivity index (χ2n) is 4.62. The third kappa shape index (κ3) is 1.78. The molecule has 3 rings (SSSR count). The van der Waals surface area contributed by atoms with E-state index in [0.29, 0.717) is 25.3 Å². The van der Waals surface area contributed by atoms with Crippen LogP contribution in [0.4, 0.5) is 0 Å². The Morgan fingerprint density at radius 3 is 2.71 bits per heavy atom. The van der Waals surface area contributed by atoms with E-state index in [9.17, 15) is 0 Å². The lowest BCUT2D eigenvalue weighted by Crippen LogP contribution is -2.46. The smallest absolute Gasteiger partial charge is 0.129 e. The molecular weight excluding hydrogens is 218 g/mol. The van der Waals surface area contributed by atoms with Gasteiger partial charge in [0.1, 0.15) is 11.4 Å². The van der Waals surface area contributed by atoms with E-state index in [0.717, 1.165) is 24.2 Å². The van der Waals surface area contributed by atoms with Crippen molar-refractivity contribution in [3.8, 4) is 5.75 Å². The van der Waals surface area contributed by atoms with Crippen LogP contribution in [0.1, 0.15) is 24.8 Å². The first kappa shape index (κ1) is 10.6. The molecule has 2 heterocycles. The number of nitrogens with zero attached hydrogens (tertiary/aromatic N) is 1. The highest BCUT2D eigenvalue weighted by Crippen LogP contribution is 2.38. The lowest BCUT2D eigenvalue weighted by molar-refractivity contribution is -0.0445. The van der Waals surface area contributed by atoms with E-state index in [2.05, 4.69) is 5.16 Å². The molecule has 0 bridgehead atoms. The third-order valence-electron chi connectivity index (χ3n) is 3.54.